The summed E-state index contributed by atoms with van der Waals surface area (Å²) in [5.74, 6) is -0.949. The summed E-state index contributed by atoms with van der Waals surface area (Å²) in [5, 5.41) is 11.7. The van der Waals surface area contributed by atoms with Gasteiger partial charge >= 0.3 is 5.97 Å². The molecule has 1 aliphatic carbocycles. The van der Waals surface area contributed by atoms with E-state index in [1.165, 1.54) is 25.3 Å². The lowest BCUT2D eigenvalue weighted by atomic mass is 9.96. The second kappa shape index (κ2) is 5.13. The topological polar surface area (TPSA) is 102 Å². The minimum atomic E-state index is -1.08. The zero-order valence-electron chi connectivity index (χ0n) is 11.5. The number of ether oxygens (including phenoxy) is 1. The van der Waals surface area contributed by atoms with Crippen LogP contribution in [0.3, 0.4) is 0 Å². The number of benzene rings is 1. The highest BCUT2D eigenvalue weighted by Gasteiger charge is 2.44. The van der Waals surface area contributed by atoms with E-state index in [9.17, 15) is 9.59 Å². The van der Waals surface area contributed by atoms with Crippen LogP contribution >= 0.6 is 0 Å². The summed E-state index contributed by atoms with van der Waals surface area (Å²) in [6.45, 7) is 1.71. The molecule has 0 bridgehead atoms. The van der Waals surface area contributed by atoms with Crippen molar-refractivity contribution in [2.24, 2.45) is 11.7 Å². The maximum Gasteiger partial charge on any atom is 0.339 e. The minimum absolute atomic E-state index is 0.0446. The van der Waals surface area contributed by atoms with Gasteiger partial charge in [0.2, 0.25) is 5.91 Å². The van der Waals surface area contributed by atoms with Crippen molar-refractivity contribution in [1.82, 2.24) is 0 Å². The summed E-state index contributed by atoms with van der Waals surface area (Å²) in [6, 6.07) is 4.39. The predicted molar refractivity (Wildman–Crippen MR) is 73.9 cm³/mol. The predicted octanol–water partition coefficient (Wildman–Crippen LogP) is 1.46. The zero-order chi connectivity index (χ0) is 14.9. The van der Waals surface area contributed by atoms with E-state index in [-0.39, 0.29) is 23.1 Å². The zero-order valence-corrected chi connectivity index (χ0v) is 11.5. The average molecular weight is 278 g/mol. The Kier molecular flexibility index (Phi) is 3.67. The second-order valence-electron chi connectivity index (χ2n) is 5.23. The van der Waals surface area contributed by atoms with Crippen LogP contribution in [0.4, 0.5) is 5.69 Å². The molecule has 6 heteroatoms. The van der Waals surface area contributed by atoms with E-state index in [0.717, 1.165) is 12.8 Å². The first-order chi connectivity index (χ1) is 9.36. The van der Waals surface area contributed by atoms with E-state index in [1.807, 2.05) is 0 Å². The molecule has 1 saturated carbocycles. The van der Waals surface area contributed by atoms with Crippen molar-refractivity contribution in [2.75, 3.05) is 12.4 Å². The molecule has 0 aliphatic heterocycles. The number of aromatic carboxylic acids is 1. The molecule has 1 unspecified atom stereocenters. The number of rotatable bonds is 5. The van der Waals surface area contributed by atoms with Crippen LogP contribution in [0.2, 0.25) is 0 Å². The molecule has 0 aromatic heterocycles. The molecular formula is C14H18N2O4. The lowest BCUT2D eigenvalue weighted by Crippen LogP contribution is -2.50. The van der Waals surface area contributed by atoms with Crippen LogP contribution < -0.4 is 15.8 Å². The van der Waals surface area contributed by atoms with Gasteiger partial charge < -0.3 is 20.9 Å². The number of amides is 1. The van der Waals surface area contributed by atoms with Crippen molar-refractivity contribution in [3.8, 4) is 5.75 Å². The van der Waals surface area contributed by atoms with Crippen molar-refractivity contribution in [1.29, 1.82) is 0 Å². The summed E-state index contributed by atoms with van der Waals surface area (Å²) in [5.41, 5.74) is 5.63. The summed E-state index contributed by atoms with van der Waals surface area (Å²) in [6.07, 6.45) is 1.92. The first kappa shape index (κ1) is 14.3. The summed E-state index contributed by atoms with van der Waals surface area (Å²) in [4.78, 5) is 23.1. The molecule has 0 spiro atoms. The molecule has 0 heterocycles. The van der Waals surface area contributed by atoms with Gasteiger partial charge in [0.25, 0.3) is 0 Å². The normalized spacial score (nSPS) is 17.1. The number of nitrogens with two attached hydrogens (primary N) is 1. The van der Waals surface area contributed by atoms with Gasteiger partial charge in [-0.25, -0.2) is 4.79 Å². The molecule has 1 aromatic carbocycles. The molecule has 0 saturated heterocycles. The van der Waals surface area contributed by atoms with Crippen molar-refractivity contribution < 1.29 is 19.4 Å². The van der Waals surface area contributed by atoms with Gasteiger partial charge in [0, 0.05) is 11.8 Å². The number of hydrogen-bond donors (Lipinski definition) is 3. The Morgan fingerprint density at radius 2 is 2.10 bits per heavy atom. The number of hydrogen-bond acceptors (Lipinski definition) is 4. The molecule has 20 heavy (non-hydrogen) atoms. The van der Waals surface area contributed by atoms with Gasteiger partial charge in [-0.2, -0.15) is 0 Å². The van der Waals surface area contributed by atoms with E-state index in [1.54, 1.807) is 6.92 Å². The van der Waals surface area contributed by atoms with E-state index in [0.29, 0.717) is 5.69 Å². The standard InChI is InChI=1S/C14H18N2O4/c1-14(15,8-3-4-8)13(19)16-9-5-6-10(12(17)18)11(7-9)20-2/h5-8H,3-4,15H2,1-2H3,(H,16,19)(H,17,18). The highest BCUT2D eigenvalue weighted by Crippen LogP contribution is 2.38. The van der Waals surface area contributed by atoms with Crippen LogP contribution in [0.5, 0.6) is 5.75 Å². The Morgan fingerprint density at radius 3 is 2.60 bits per heavy atom. The van der Waals surface area contributed by atoms with Crippen LogP contribution in [0, 0.1) is 5.92 Å². The fourth-order valence-corrected chi connectivity index (χ4v) is 2.08. The minimum Gasteiger partial charge on any atom is -0.496 e. The Bertz CT molecular complexity index is 550. The van der Waals surface area contributed by atoms with Crippen LogP contribution in [-0.4, -0.2) is 29.6 Å². The van der Waals surface area contributed by atoms with Crippen molar-refractivity contribution >= 4 is 17.6 Å². The molecular weight excluding hydrogens is 260 g/mol. The molecule has 1 amide bonds. The molecule has 1 aliphatic rings. The maximum absolute atomic E-state index is 12.1. The van der Waals surface area contributed by atoms with Gasteiger partial charge in [0.05, 0.1) is 12.6 Å². The van der Waals surface area contributed by atoms with E-state index >= 15 is 0 Å². The van der Waals surface area contributed by atoms with Crippen LogP contribution in [0.15, 0.2) is 18.2 Å². The first-order valence-corrected chi connectivity index (χ1v) is 6.38. The largest absolute Gasteiger partial charge is 0.496 e. The Hall–Kier alpha value is -2.08. The third-order valence-electron chi connectivity index (χ3n) is 3.60. The summed E-state index contributed by atoms with van der Waals surface area (Å²) < 4.78 is 5.01. The molecule has 0 radical (unpaired) electrons. The van der Waals surface area contributed by atoms with Gasteiger partial charge in [0.15, 0.2) is 0 Å². The number of carboxylic acids is 1. The summed E-state index contributed by atoms with van der Waals surface area (Å²) >= 11 is 0. The highest BCUT2D eigenvalue weighted by molar-refractivity contribution is 5.99. The van der Waals surface area contributed by atoms with E-state index in [4.69, 9.17) is 15.6 Å². The molecule has 1 atom stereocenters. The van der Waals surface area contributed by atoms with E-state index < -0.39 is 11.5 Å². The molecule has 1 fully saturated rings. The Balaban J connectivity index is 2.17. The number of carboxylic acid groups (broad SMARTS) is 1. The first-order valence-electron chi connectivity index (χ1n) is 6.38. The molecule has 6 nitrogen and oxygen atoms in total. The van der Waals surface area contributed by atoms with Gasteiger partial charge in [-0.15, -0.1) is 0 Å². The molecule has 2 rings (SSSR count). The monoisotopic (exact) mass is 278 g/mol. The fraction of sp³-hybridized carbons (Fsp3) is 0.429. The van der Waals surface area contributed by atoms with Gasteiger partial charge in [-0.1, -0.05) is 0 Å². The van der Waals surface area contributed by atoms with Crippen LogP contribution in [-0.2, 0) is 4.79 Å². The fourth-order valence-electron chi connectivity index (χ4n) is 2.08. The average Bonchev–Trinajstić information content (AvgIpc) is 3.22. The number of carbonyl (C=O) groups excluding carboxylic acids is 1. The molecule has 4 N–H and O–H groups in total. The van der Waals surface area contributed by atoms with Crippen molar-refractivity contribution in [3.63, 3.8) is 0 Å². The van der Waals surface area contributed by atoms with Crippen LogP contribution in [0.25, 0.3) is 0 Å². The second-order valence-corrected chi connectivity index (χ2v) is 5.23. The number of nitrogens with one attached hydrogen (secondary N) is 1. The quantitative estimate of drug-likeness (QED) is 0.756. The Morgan fingerprint density at radius 1 is 1.45 bits per heavy atom. The third kappa shape index (κ3) is 2.75. The van der Waals surface area contributed by atoms with Gasteiger partial charge in [-0.05, 0) is 37.8 Å². The molecule has 108 valence electrons. The number of methoxy groups -OCH3 is 1. The highest BCUT2D eigenvalue weighted by atomic mass is 16.5. The SMILES string of the molecule is COc1cc(NC(=O)C(C)(N)C2CC2)ccc1C(=O)O. The smallest absolute Gasteiger partial charge is 0.339 e. The Labute approximate surface area is 116 Å². The van der Waals surface area contributed by atoms with Crippen LogP contribution in [0.1, 0.15) is 30.1 Å². The maximum atomic E-state index is 12.1. The lowest BCUT2D eigenvalue weighted by molar-refractivity contribution is -0.121. The lowest BCUT2D eigenvalue weighted by Gasteiger charge is -2.23. The summed E-state index contributed by atoms with van der Waals surface area (Å²) in [7, 11) is 1.38. The number of carbonyl (C=O) groups is 2. The van der Waals surface area contributed by atoms with Crippen molar-refractivity contribution in [2.45, 2.75) is 25.3 Å². The van der Waals surface area contributed by atoms with E-state index in [2.05, 4.69) is 5.32 Å². The molecule has 1 aromatic rings. The third-order valence-corrected chi connectivity index (χ3v) is 3.60. The van der Waals surface area contributed by atoms with Crippen molar-refractivity contribution in [3.05, 3.63) is 23.8 Å². The van der Waals surface area contributed by atoms with Gasteiger partial charge in [0.1, 0.15) is 11.3 Å². The van der Waals surface area contributed by atoms with Gasteiger partial charge in [-0.3, -0.25) is 4.79 Å². The number of anilines is 1.